The Balaban J connectivity index is 0. The Bertz CT molecular complexity index is 119. The zero-order valence-electron chi connectivity index (χ0n) is 8.01. The first-order chi connectivity index (χ1) is 5.18. The fraction of sp³-hybridized carbons (Fsp3) is 0.625. The van der Waals surface area contributed by atoms with Crippen LogP contribution >= 0.6 is 11.8 Å². The van der Waals surface area contributed by atoms with E-state index in [0.29, 0.717) is 0 Å². The molecule has 0 saturated heterocycles. The molecule has 2 nitrogen and oxygen atoms in total. The number of rotatable bonds is 3. The monoisotopic (exact) mass is 174 g/mol. The van der Waals surface area contributed by atoms with Crippen LogP contribution in [0, 0.1) is 5.41 Å². The van der Waals surface area contributed by atoms with Crippen LogP contribution < -0.4 is 0 Å². The fourth-order valence-corrected chi connectivity index (χ4v) is 0.714. The maximum Gasteiger partial charge on any atom is 0.0549 e. The summed E-state index contributed by atoms with van der Waals surface area (Å²) in [6.45, 7) is 6.01. The molecule has 0 rings (SSSR count). The van der Waals surface area contributed by atoms with Gasteiger partial charge in [-0.15, -0.1) is 0 Å². The van der Waals surface area contributed by atoms with E-state index in [-0.39, 0.29) is 0 Å². The van der Waals surface area contributed by atoms with Gasteiger partial charge in [-0.3, -0.25) is 0 Å². The molecule has 0 aliphatic heterocycles. The lowest BCUT2D eigenvalue weighted by Crippen LogP contribution is -2.07. The average Bonchev–Trinajstić information content (AvgIpc) is 2.03. The standard InChI is InChI=1S/C6H12N2S.C2H6/c1-6(8(2)3)4-9-5-7;1-2/h4-5,7H,1-3H3;1-2H3/b6-4-,7-5?;. The van der Waals surface area contributed by atoms with Crippen molar-refractivity contribution in [2.45, 2.75) is 20.8 Å². The minimum absolute atomic E-state index is 1.17. The third kappa shape index (κ3) is 9.56. The highest BCUT2D eigenvalue weighted by molar-refractivity contribution is 8.14. The lowest BCUT2D eigenvalue weighted by Gasteiger charge is -2.10. The van der Waals surface area contributed by atoms with Crippen molar-refractivity contribution in [3.8, 4) is 0 Å². The summed E-state index contributed by atoms with van der Waals surface area (Å²) in [6.07, 6.45) is 0. The molecule has 0 aliphatic carbocycles. The zero-order chi connectivity index (χ0) is 9.28. The van der Waals surface area contributed by atoms with E-state index in [0.717, 1.165) is 0 Å². The Morgan fingerprint density at radius 1 is 1.36 bits per heavy atom. The number of nitrogens with zero attached hydrogens (tertiary/aromatic N) is 1. The molecule has 0 atom stereocenters. The topological polar surface area (TPSA) is 27.1 Å². The van der Waals surface area contributed by atoms with Crippen LogP contribution in [0.2, 0.25) is 0 Å². The molecule has 0 aliphatic rings. The zero-order valence-corrected chi connectivity index (χ0v) is 8.83. The second-order valence-electron chi connectivity index (χ2n) is 1.91. The molecule has 66 valence electrons. The van der Waals surface area contributed by atoms with Crippen LogP contribution in [0.3, 0.4) is 0 Å². The van der Waals surface area contributed by atoms with E-state index in [1.807, 2.05) is 45.2 Å². The van der Waals surface area contributed by atoms with E-state index in [1.165, 1.54) is 23.0 Å². The van der Waals surface area contributed by atoms with Crippen LogP contribution in [0.5, 0.6) is 0 Å². The molecule has 3 heteroatoms. The summed E-state index contributed by atoms with van der Waals surface area (Å²) in [5.41, 5.74) is 2.48. The second kappa shape index (κ2) is 9.56. The predicted molar refractivity (Wildman–Crippen MR) is 55.2 cm³/mol. The van der Waals surface area contributed by atoms with Crippen molar-refractivity contribution in [3.05, 3.63) is 11.1 Å². The van der Waals surface area contributed by atoms with Crippen molar-refractivity contribution in [2.24, 2.45) is 0 Å². The molecule has 0 heterocycles. The molecule has 0 saturated carbocycles. The van der Waals surface area contributed by atoms with Crippen molar-refractivity contribution in [1.29, 1.82) is 5.41 Å². The highest BCUT2D eigenvalue weighted by atomic mass is 32.2. The summed E-state index contributed by atoms with van der Waals surface area (Å²) in [5, 5.41) is 8.65. The minimum Gasteiger partial charge on any atom is -0.381 e. The average molecular weight is 174 g/mol. The van der Waals surface area contributed by atoms with Gasteiger partial charge in [0.15, 0.2) is 0 Å². The Kier molecular flexibility index (Phi) is 11.4. The van der Waals surface area contributed by atoms with Gasteiger partial charge in [0.1, 0.15) is 0 Å². The van der Waals surface area contributed by atoms with Gasteiger partial charge in [0.05, 0.1) is 5.55 Å². The third-order valence-electron chi connectivity index (χ3n) is 1.01. The molecule has 0 amide bonds. The first-order valence-corrected chi connectivity index (χ1v) is 4.61. The SMILES string of the molecule is C/C(=C/SC=N)N(C)C.CC. The van der Waals surface area contributed by atoms with E-state index >= 15 is 0 Å². The van der Waals surface area contributed by atoms with Crippen molar-refractivity contribution in [2.75, 3.05) is 14.1 Å². The summed E-state index contributed by atoms with van der Waals surface area (Å²) in [6, 6.07) is 0. The lowest BCUT2D eigenvalue weighted by atomic mass is 10.5. The molecular weight excluding hydrogens is 156 g/mol. The van der Waals surface area contributed by atoms with Crippen molar-refractivity contribution < 1.29 is 0 Å². The highest BCUT2D eigenvalue weighted by Gasteiger charge is 1.86. The number of nitrogens with one attached hydrogen (secondary N) is 1. The number of hydrogen-bond acceptors (Lipinski definition) is 3. The molecule has 1 N–H and O–H groups in total. The molecule has 0 bridgehead atoms. The van der Waals surface area contributed by atoms with Crippen molar-refractivity contribution in [1.82, 2.24) is 4.90 Å². The van der Waals surface area contributed by atoms with Crippen LogP contribution in [0.25, 0.3) is 0 Å². The Morgan fingerprint density at radius 3 is 2.09 bits per heavy atom. The molecule has 0 radical (unpaired) electrons. The lowest BCUT2D eigenvalue weighted by molar-refractivity contribution is 0.515. The Hall–Kier alpha value is -0.440. The molecule has 0 aromatic heterocycles. The van der Waals surface area contributed by atoms with E-state index in [2.05, 4.69) is 0 Å². The molecule has 0 unspecified atom stereocenters. The van der Waals surface area contributed by atoms with E-state index in [9.17, 15) is 0 Å². The van der Waals surface area contributed by atoms with Gasteiger partial charge < -0.3 is 10.3 Å². The maximum absolute atomic E-state index is 6.71. The van der Waals surface area contributed by atoms with Gasteiger partial charge in [0.25, 0.3) is 0 Å². The van der Waals surface area contributed by atoms with E-state index < -0.39 is 0 Å². The summed E-state index contributed by atoms with van der Waals surface area (Å²) < 4.78 is 0. The number of hydrogen-bond donors (Lipinski definition) is 1. The minimum atomic E-state index is 1.17. The van der Waals surface area contributed by atoms with Crippen LogP contribution in [-0.2, 0) is 0 Å². The second-order valence-corrected chi connectivity index (χ2v) is 2.65. The van der Waals surface area contributed by atoms with Gasteiger partial charge in [0, 0.05) is 19.8 Å². The Labute approximate surface area is 74.2 Å². The summed E-state index contributed by atoms with van der Waals surface area (Å²) in [7, 11) is 3.96. The van der Waals surface area contributed by atoms with Crippen LogP contribution in [0.1, 0.15) is 20.8 Å². The first kappa shape index (κ1) is 13.2. The fourth-order valence-electron chi connectivity index (χ4n) is 0.238. The van der Waals surface area contributed by atoms with Crippen molar-refractivity contribution >= 4 is 17.3 Å². The smallest absolute Gasteiger partial charge is 0.0549 e. The van der Waals surface area contributed by atoms with Gasteiger partial charge in [-0.1, -0.05) is 25.6 Å². The van der Waals surface area contributed by atoms with Crippen LogP contribution in [0.4, 0.5) is 0 Å². The largest absolute Gasteiger partial charge is 0.381 e. The van der Waals surface area contributed by atoms with Crippen LogP contribution in [-0.4, -0.2) is 24.5 Å². The van der Waals surface area contributed by atoms with Gasteiger partial charge in [-0.05, 0) is 12.3 Å². The maximum atomic E-state index is 6.71. The van der Waals surface area contributed by atoms with Crippen molar-refractivity contribution in [3.63, 3.8) is 0 Å². The van der Waals surface area contributed by atoms with Gasteiger partial charge >= 0.3 is 0 Å². The Morgan fingerprint density at radius 2 is 1.82 bits per heavy atom. The molecular formula is C8H18N2S. The van der Waals surface area contributed by atoms with Gasteiger partial charge in [0.2, 0.25) is 0 Å². The molecule has 0 aromatic rings. The predicted octanol–water partition coefficient (Wildman–Crippen LogP) is 2.78. The van der Waals surface area contributed by atoms with E-state index in [1.54, 1.807) is 0 Å². The molecule has 11 heavy (non-hydrogen) atoms. The molecule has 0 fully saturated rings. The molecule has 0 aromatic carbocycles. The first-order valence-electron chi connectivity index (χ1n) is 3.67. The van der Waals surface area contributed by atoms with Crippen LogP contribution in [0.15, 0.2) is 11.1 Å². The number of thioether (sulfide) groups is 1. The number of allylic oxidation sites excluding steroid dienone is 1. The highest BCUT2D eigenvalue weighted by Crippen LogP contribution is 2.04. The third-order valence-corrected chi connectivity index (χ3v) is 1.63. The van der Waals surface area contributed by atoms with E-state index in [4.69, 9.17) is 5.41 Å². The van der Waals surface area contributed by atoms with Gasteiger partial charge in [-0.2, -0.15) is 0 Å². The quantitative estimate of drug-likeness (QED) is 0.526. The summed E-state index contributed by atoms with van der Waals surface area (Å²) >= 11 is 1.38. The normalized spacial score (nSPS) is 9.73. The summed E-state index contributed by atoms with van der Waals surface area (Å²) in [4.78, 5) is 2.01. The summed E-state index contributed by atoms with van der Waals surface area (Å²) in [5.74, 6) is 0. The molecule has 0 spiro atoms. The van der Waals surface area contributed by atoms with Gasteiger partial charge in [-0.25, -0.2) is 0 Å².